The lowest BCUT2D eigenvalue weighted by atomic mass is 10.1. The highest BCUT2D eigenvalue weighted by atomic mass is 19.4. The maximum absolute atomic E-state index is 13.0. The molecule has 4 nitrogen and oxygen atoms in total. The maximum atomic E-state index is 13.0. The number of carboxylic acids is 1. The van der Waals surface area contributed by atoms with E-state index in [0.29, 0.717) is 0 Å². The standard InChI is InChI=1S/C8H3F7N2O2/c9-6(10,7(11,12)8(13,14)15)5-16-1-3(2-17-5)4(18)19/h1-2H,(H,18,19). The summed E-state index contributed by atoms with van der Waals surface area (Å²) in [6.45, 7) is 0. The van der Waals surface area contributed by atoms with Crippen LogP contribution in [0.4, 0.5) is 30.7 Å². The van der Waals surface area contributed by atoms with E-state index in [-0.39, 0.29) is 12.4 Å². The van der Waals surface area contributed by atoms with Gasteiger partial charge in [0.2, 0.25) is 5.82 Å². The Labute approximate surface area is 99.4 Å². The number of halogens is 7. The van der Waals surface area contributed by atoms with Crippen LogP contribution in [-0.4, -0.2) is 33.1 Å². The summed E-state index contributed by atoms with van der Waals surface area (Å²) in [7, 11) is 0. The highest BCUT2D eigenvalue weighted by Gasteiger charge is 2.75. The van der Waals surface area contributed by atoms with E-state index in [1.165, 1.54) is 0 Å². The van der Waals surface area contributed by atoms with Gasteiger partial charge >= 0.3 is 24.0 Å². The molecule has 0 unspecified atom stereocenters. The quantitative estimate of drug-likeness (QED) is 0.869. The van der Waals surface area contributed by atoms with Crippen LogP contribution in [0.15, 0.2) is 12.4 Å². The zero-order chi connectivity index (χ0) is 15.1. The Morgan fingerprint density at radius 3 is 1.74 bits per heavy atom. The maximum Gasteiger partial charge on any atom is 0.460 e. The number of rotatable bonds is 3. The normalized spacial score (nSPS) is 13.4. The SMILES string of the molecule is O=C(O)c1cnc(C(F)(F)C(F)(F)C(F)(F)F)nc1. The molecular formula is C8H3F7N2O2. The first kappa shape index (κ1) is 15.1. The van der Waals surface area contributed by atoms with Crippen LogP contribution in [0.2, 0.25) is 0 Å². The van der Waals surface area contributed by atoms with E-state index in [4.69, 9.17) is 5.11 Å². The van der Waals surface area contributed by atoms with Crippen molar-refractivity contribution in [2.45, 2.75) is 18.0 Å². The number of carbonyl (C=O) groups is 1. The van der Waals surface area contributed by atoms with Gasteiger partial charge in [0.05, 0.1) is 5.56 Å². The molecule has 0 aliphatic heterocycles. The lowest BCUT2D eigenvalue weighted by Crippen LogP contribution is -2.50. The average molecular weight is 292 g/mol. The molecule has 0 aliphatic rings. The fourth-order valence-electron chi connectivity index (χ4n) is 0.919. The fourth-order valence-corrected chi connectivity index (χ4v) is 0.919. The monoisotopic (exact) mass is 292 g/mol. The van der Waals surface area contributed by atoms with Crippen LogP contribution in [0, 0.1) is 0 Å². The van der Waals surface area contributed by atoms with Crippen molar-refractivity contribution >= 4 is 5.97 Å². The van der Waals surface area contributed by atoms with E-state index in [9.17, 15) is 35.5 Å². The Hall–Kier alpha value is -1.94. The molecule has 1 N–H and O–H groups in total. The van der Waals surface area contributed by atoms with Crippen molar-refractivity contribution in [3.05, 3.63) is 23.8 Å². The van der Waals surface area contributed by atoms with Crippen molar-refractivity contribution in [1.29, 1.82) is 0 Å². The second-order valence-corrected chi connectivity index (χ2v) is 3.25. The summed E-state index contributed by atoms with van der Waals surface area (Å²) in [6, 6.07) is 0. The molecule has 0 aromatic carbocycles. The predicted molar refractivity (Wildman–Crippen MR) is 43.9 cm³/mol. The molecule has 1 rings (SSSR count). The molecule has 0 bridgehead atoms. The van der Waals surface area contributed by atoms with Gasteiger partial charge in [0.25, 0.3) is 0 Å². The second-order valence-electron chi connectivity index (χ2n) is 3.25. The minimum Gasteiger partial charge on any atom is -0.478 e. The van der Waals surface area contributed by atoms with Gasteiger partial charge in [-0.05, 0) is 0 Å². The number of nitrogens with zero attached hydrogens (tertiary/aromatic N) is 2. The first-order chi connectivity index (χ1) is 8.41. The minimum atomic E-state index is -6.51. The Balaban J connectivity index is 3.24. The third-order valence-electron chi connectivity index (χ3n) is 1.93. The number of alkyl halides is 7. The van der Waals surface area contributed by atoms with Crippen molar-refractivity contribution in [3.8, 4) is 0 Å². The summed E-state index contributed by atoms with van der Waals surface area (Å²) >= 11 is 0. The molecule has 0 fully saturated rings. The lowest BCUT2D eigenvalue weighted by Gasteiger charge is -2.26. The molecule has 0 aliphatic carbocycles. The number of carboxylic acid groups (broad SMARTS) is 1. The zero-order valence-electron chi connectivity index (χ0n) is 8.55. The van der Waals surface area contributed by atoms with Gasteiger partial charge < -0.3 is 5.11 Å². The van der Waals surface area contributed by atoms with E-state index in [1.807, 2.05) is 0 Å². The van der Waals surface area contributed by atoms with E-state index in [0.717, 1.165) is 0 Å². The molecule has 0 radical (unpaired) electrons. The summed E-state index contributed by atoms with van der Waals surface area (Å²) < 4.78 is 86.7. The van der Waals surface area contributed by atoms with Gasteiger partial charge in [0.1, 0.15) is 0 Å². The van der Waals surface area contributed by atoms with Crippen molar-refractivity contribution in [3.63, 3.8) is 0 Å². The van der Waals surface area contributed by atoms with E-state index >= 15 is 0 Å². The Bertz CT molecular complexity index is 483. The molecule has 1 aromatic heterocycles. The molecule has 0 amide bonds. The number of aromatic carboxylic acids is 1. The van der Waals surface area contributed by atoms with Crippen molar-refractivity contribution < 1.29 is 40.6 Å². The van der Waals surface area contributed by atoms with E-state index in [2.05, 4.69) is 9.97 Å². The molecule has 0 saturated heterocycles. The van der Waals surface area contributed by atoms with Crippen LogP contribution in [0.5, 0.6) is 0 Å². The molecule has 106 valence electrons. The predicted octanol–water partition coefficient (Wildman–Crippen LogP) is 2.46. The fraction of sp³-hybridized carbons (Fsp3) is 0.375. The van der Waals surface area contributed by atoms with Crippen LogP contribution < -0.4 is 0 Å². The number of hydrogen-bond donors (Lipinski definition) is 1. The van der Waals surface area contributed by atoms with Crippen molar-refractivity contribution in [1.82, 2.24) is 9.97 Å². The first-order valence-electron chi connectivity index (χ1n) is 4.29. The Morgan fingerprint density at radius 1 is 1.00 bits per heavy atom. The molecule has 1 heterocycles. The van der Waals surface area contributed by atoms with Crippen LogP contribution in [0.25, 0.3) is 0 Å². The van der Waals surface area contributed by atoms with Crippen LogP contribution in [0.3, 0.4) is 0 Å². The van der Waals surface area contributed by atoms with Crippen LogP contribution in [-0.2, 0) is 5.92 Å². The number of hydrogen-bond acceptors (Lipinski definition) is 3. The minimum absolute atomic E-state index is 0.199. The summed E-state index contributed by atoms with van der Waals surface area (Å²) in [6.07, 6.45) is -6.11. The van der Waals surface area contributed by atoms with E-state index in [1.54, 1.807) is 0 Å². The summed E-state index contributed by atoms with van der Waals surface area (Å²) in [5.74, 6) is -15.9. The van der Waals surface area contributed by atoms with Crippen LogP contribution >= 0.6 is 0 Å². The third-order valence-corrected chi connectivity index (χ3v) is 1.93. The molecule has 0 spiro atoms. The van der Waals surface area contributed by atoms with Crippen LogP contribution in [0.1, 0.15) is 16.2 Å². The molecule has 0 saturated carbocycles. The van der Waals surface area contributed by atoms with E-state index < -0.39 is 35.4 Å². The molecule has 0 atom stereocenters. The van der Waals surface area contributed by atoms with Gasteiger partial charge in [-0.2, -0.15) is 30.7 Å². The van der Waals surface area contributed by atoms with Gasteiger partial charge in [0, 0.05) is 12.4 Å². The summed E-state index contributed by atoms with van der Waals surface area (Å²) in [4.78, 5) is 15.4. The van der Waals surface area contributed by atoms with Gasteiger partial charge in [-0.15, -0.1) is 0 Å². The molecule has 19 heavy (non-hydrogen) atoms. The van der Waals surface area contributed by atoms with Gasteiger partial charge in [-0.3, -0.25) is 0 Å². The van der Waals surface area contributed by atoms with Crippen molar-refractivity contribution in [2.24, 2.45) is 0 Å². The molecule has 11 heteroatoms. The van der Waals surface area contributed by atoms with Gasteiger partial charge in [0.15, 0.2) is 0 Å². The summed E-state index contributed by atoms with van der Waals surface area (Å²) in [5, 5.41) is 8.37. The molecular weight excluding hydrogens is 289 g/mol. The Kier molecular flexibility index (Phi) is 3.43. The average Bonchev–Trinajstić information content (AvgIpc) is 2.27. The smallest absolute Gasteiger partial charge is 0.460 e. The summed E-state index contributed by atoms with van der Waals surface area (Å²) in [5.41, 5.74) is -0.741. The van der Waals surface area contributed by atoms with Crippen molar-refractivity contribution in [2.75, 3.05) is 0 Å². The zero-order valence-corrected chi connectivity index (χ0v) is 8.55. The topological polar surface area (TPSA) is 63.1 Å². The third kappa shape index (κ3) is 2.44. The van der Waals surface area contributed by atoms with Gasteiger partial charge in [-0.1, -0.05) is 0 Å². The van der Waals surface area contributed by atoms with Gasteiger partial charge in [-0.25, -0.2) is 14.8 Å². The Morgan fingerprint density at radius 2 is 1.42 bits per heavy atom. The highest BCUT2D eigenvalue weighted by molar-refractivity contribution is 5.86. The lowest BCUT2D eigenvalue weighted by molar-refractivity contribution is -0.361. The highest BCUT2D eigenvalue weighted by Crippen LogP contribution is 2.50. The molecule has 1 aromatic rings. The largest absolute Gasteiger partial charge is 0.478 e. The first-order valence-corrected chi connectivity index (χ1v) is 4.29. The second kappa shape index (κ2) is 4.31. The number of aromatic nitrogens is 2.